The Bertz CT molecular complexity index is 1000. The van der Waals surface area contributed by atoms with Crippen molar-refractivity contribution < 1.29 is 19.1 Å². The molecule has 0 atom stereocenters. The minimum Gasteiger partial charge on any atom is -0.504 e. The third kappa shape index (κ3) is 4.37. The molecule has 3 rings (SSSR count). The number of halogens is 1. The Labute approximate surface area is 161 Å². The molecule has 0 fully saturated rings. The van der Waals surface area contributed by atoms with Gasteiger partial charge in [-0.3, -0.25) is 4.79 Å². The average Bonchev–Trinajstić information content (AvgIpc) is 2.70. The van der Waals surface area contributed by atoms with E-state index in [1.165, 1.54) is 12.1 Å². The van der Waals surface area contributed by atoms with E-state index in [0.717, 1.165) is 16.7 Å². The van der Waals surface area contributed by atoms with Crippen LogP contribution in [0.5, 0.6) is 5.75 Å². The van der Waals surface area contributed by atoms with Crippen LogP contribution in [0, 0.1) is 12.7 Å². The van der Waals surface area contributed by atoms with Crippen molar-refractivity contribution in [1.29, 1.82) is 0 Å². The van der Waals surface area contributed by atoms with E-state index in [2.05, 4.69) is 15.3 Å². The maximum absolute atomic E-state index is 13.1. The molecule has 0 unspecified atom stereocenters. The van der Waals surface area contributed by atoms with Crippen LogP contribution in [0.25, 0.3) is 11.1 Å². The first-order valence-electron chi connectivity index (χ1n) is 8.61. The Kier molecular flexibility index (Phi) is 5.74. The molecule has 28 heavy (non-hydrogen) atoms. The Morgan fingerprint density at radius 3 is 2.29 bits per heavy atom. The van der Waals surface area contributed by atoms with E-state index >= 15 is 0 Å². The molecule has 7 heteroatoms. The molecule has 0 saturated heterocycles. The highest BCUT2D eigenvalue weighted by Crippen LogP contribution is 2.22. The van der Waals surface area contributed by atoms with Gasteiger partial charge >= 0.3 is 0 Å². The van der Waals surface area contributed by atoms with E-state index in [0.29, 0.717) is 18.5 Å². The van der Waals surface area contributed by atoms with E-state index < -0.39 is 5.91 Å². The standard InChI is InChI=1S/C21H18FN3O3/c1-13-20(27)19(21(28)23-10-11-26)25-18(24-13)12-14-2-4-15(5-3-14)16-6-8-17(22)9-7-16/h2-9,11,27H,10,12H2,1H3,(H,23,28). The fourth-order valence-corrected chi connectivity index (χ4v) is 2.72. The molecule has 0 saturated carbocycles. The minimum absolute atomic E-state index is 0.160. The number of carbonyl (C=O) groups excluding carboxylic acids is 2. The van der Waals surface area contributed by atoms with Gasteiger partial charge in [-0.25, -0.2) is 14.4 Å². The number of rotatable bonds is 6. The summed E-state index contributed by atoms with van der Waals surface area (Å²) < 4.78 is 13.1. The van der Waals surface area contributed by atoms with E-state index in [-0.39, 0.29) is 29.5 Å². The second-order valence-electron chi connectivity index (χ2n) is 6.18. The van der Waals surface area contributed by atoms with Gasteiger partial charge < -0.3 is 15.2 Å². The van der Waals surface area contributed by atoms with Crippen LogP contribution < -0.4 is 5.32 Å². The number of benzene rings is 2. The second kappa shape index (κ2) is 8.39. The first-order chi connectivity index (χ1) is 13.5. The summed E-state index contributed by atoms with van der Waals surface area (Å²) in [6.45, 7) is 1.41. The van der Waals surface area contributed by atoms with Crippen molar-refractivity contribution in [2.75, 3.05) is 6.54 Å². The van der Waals surface area contributed by atoms with Crippen LogP contribution in [0.2, 0.25) is 0 Å². The van der Waals surface area contributed by atoms with E-state index in [1.807, 2.05) is 24.3 Å². The summed E-state index contributed by atoms with van der Waals surface area (Å²) >= 11 is 0. The maximum atomic E-state index is 13.1. The Hall–Kier alpha value is -3.61. The summed E-state index contributed by atoms with van der Waals surface area (Å²) in [6, 6.07) is 13.9. The predicted molar refractivity (Wildman–Crippen MR) is 101 cm³/mol. The Morgan fingerprint density at radius 2 is 1.68 bits per heavy atom. The molecule has 0 bridgehead atoms. The highest BCUT2D eigenvalue weighted by molar-refractivity contribution is 5.95. The van der Waals surface area contributed by atoms with Crippen molar-refractivity contribution in [3.8, 4) is 16.9 Å². The van der Waals surface area contributed by atoms with Crippen LogP contribution in [-0.2, 0) is 11.2 Å². The quantitative estimate of drug-likeness (QED) is 0.643. The zero-order valence-electron chi connectivity index (χ0n) is 15.1. The van der Waals surface area contributed by atoms with Crippen molar-refractivity contribution in [2.45, 2.75) is 13.3 Å². The zero-order chi connectivity index (χ0) is 20.1. The van der Waals surface area contributed by atoms with Crippen LogP contribution in [0.1, 0.15) is 27.6 Å². The summed E-state index contributed by atoms with van der Waals surface area (Å²) in [6.07, 6.45) is 0.908. The first kappa shape index (κ1) is 19.2. The van der Waals surface area contributed by atoms with Gasteiger partial charge in [-0.2, -0.15) is 0 Å². The summed E-state index contributed by atoms with van der Waals surface area (Å²) in [5, 5.41) is 12.4. The number of amides is 1. The average molecular weight is 379 g/mol. The van der Waals surface area contributed by atoms with Crippen LogP contribution in [-0.4, -0.2) is 33.8 Å². The molecule has 142 valence electrons. The molecule has 3 aromatic rings. The molecule has 1 heterocycles. The largest absolute Gasteiger partial charge is 0.504 e. The van der Waals surface area contributed by atoms with Gasteiger partial charge in [0.05, 0.1) is 12.2 Å². The molecule has 2 aromatic carbocycles. The van der Waals surface area contributed by atoms with Gasteiger partial charge in [0.1, 0.15) is 17.9 Å². The highest BCUT2D eigenvalue weighted by Gasteiger charge is 2.17. The molecular weight excluding hydrogens is 361 g/mol. The smallest absolute Gasteiger partial charge is 0.274 e. The molecule has 0 aliphatic heterocycles. The van der Waals surface area contributed by atoms with Gasteiger partial charge in [0.25, 0.3) is 5.91 Å². The number of nitrogens with one attached hydrogen (secondary N) is 1. The van der Waals surface area contributed by atoms with Gasteiger partial charge in [0, 0.05) is 6.42 Å². The van der Waals surface area contributed by atoms with Gasteiger partial charge in [0.2, 0.25) is 0 Å². The van der Waals surface area contributed by atoms with Crippen molar-refractivity contribution in [2.24, 2.45) is 0 Å². The lowest BCUT2D eigenvalue weighted by atomic mass is 10.0. The number of aldehydes is 1. The Morgan fingerprint density at radius 1 is 1.07 bits per heavy atom. The third-order valence-corrected chi connectivity index (χ3v) is 4.16. The van der Waals surface area contributed by atoms with Crippen molar-refractivity contribution in [1.82, 2.24) is 15.3 Å². The molecule has 6 nitrogen and oxygen atoms in total. The number of aromatic nitrogens is 2. The monoisotopic (exact) mass is 379 g/mol. The first-order valence-corrected chi connectivity index (χ1v) is 8.61. The normalized spacial score (nSPS) is 10.5. The number of carbonyl (C=O) groups is 2. The lowest BCUT2D eigenvalue weighted by Gasteiger charge is -2.09. The summed E-state index contributed by atoms with van der Waals surface area (Å²) in [5.41, 5.74) is 2.88. The molecule has 2 N–H and O–H groups in total. The van der Waals surface area contributed by atoms with Crippen molar-refractivity contribution in [3.63, 3.8) is 0 Å². The third-order valence-electron chi connectivity index (χ3n) is 4.16. The zero-order valence-corrected chi connectivity index (χ0v) is 15.1. The maximum Gasteiger partial charge on any atom is 0.274 e. The number of aryl methyl sites for hydroxylation is 1. The van der Waals surface area contributed by atoms with Gasteiger partial charge in [-0.1, -0.05) is 36.4 Å². The molecule has 0 spiro atoms. The molecular formula is C21H18FN3O3. The number of hydrogen-bond acceptors (Lipinski definition) is 5. The highest BCUT2D eigenvalue weighted by atomic mass is 19.1. The van der Waals surface area contributed by atoms with E-state index in [9.17, 15) is 19.1 Å². The van der Waals surface area contributed by atoms with Crippen LogP contribution in [0.4, 0.5) is 4.39 Å². The van der Waals surface area contributed by atoms with Crippen LogP contribution in [0.3, 0.4) is 0 Å². The van der Waals surface area contributed by atoms with Crippen molar-refractivity contribution >= 4 is 12.2 Å². The Balaban J connectivity index is 1.81. The number of hydrogen-bond donors (Lipinski definition) is 2. The lowest BCUT2D eigenvalue weighted by molar-refractivity contribution is -0.107. The SMILES string of the molecule is Cc1nc(Cc2ccc(-c3ccc(F)cc3)cc2)nc(C(=O)NCC=O)c1O. The summed E-state index contributed by atoms with van der Waals surface area (Å²) in [7, 11) is 0. The summed E-state index contributed by atoms with van der Waals surface area (Å²) in [4.78, 5) is 30.8. The number of nitrogens with zero attached hydrogens (tertiary/aromatic N) is 2. The van der Waals surface area contributed by atoms with Crippen LogP contribution >= 0.6 is 0 Å². The lowest BCUT2D eigenvalue weighted by Crippen LogP contribution is -2.27. The molecule has 0 aliphatic carbocycles. The summed E-state index contributed by atoms with van der Waals surface area (Å²) in [5.74, 6) is -0.851. The predicted octanol–water partition coefficient (Wildman–Crippen LogP) is 2.82. The topological polar surface area (TPSA) is 92.2 Å². The van der Waals surface area contributed by atoms with Gasteiger partial charge in [0.15, 0.2) is 11.4 Å². The van der Waals surface area contributed by atoms with E-state index in [1.54, 1.807) is 19.1 Å². The molecule has 1 aromatic heterocycles. The van der Waals surface area contributed by atoms with E-state index in [4.69, 9.17) is 0 Å². The van der Waals surface area contributed by atoms with Crippen molar-refractivity contribution in [3.05, 3.63) is 77.1 Å². The fourth-order valence-electron chi connectivity index (χ4n) is 2.72. The number of aromatic hydroxyl groups is 1. The van der Waals surface area contributed by atoms with Gasteiger partial charge in [-0.05, 0) is 35.7 Å². The second-order valence-corrected chi connectivity index (χ2v) is 6.18. The molecule has 1 amide bonds. The van der Waals surface area contributed by atoms with Gasteiger partial charge in [-0.15, -0.1) is 0 Å². The molecule has 0 radical (unpaired) electrons. The molecule has 0 aliphatic rings. The fraction of sp³-hybridized carbons (Fsp3) is 0.143. The van der Waals surface area contributed by atoms with Crippen LogP contribution in [0.15, 0.2) is 48.5 Å². The minimum atomic E-state index is -0.636.